The molecular formula is C16H13Cl2N5O3S. The Morgan fingerprint density at radius 1 is 1.19 bits per heavy atom. The van der Waals surface area contributed by atoms with Gasteiger partial charge in [0, 0.05) is 0 Å². The van der Waals surface area contributed by atoms with Gasteiger partial charge in [-0.25, -0.2) is 14.8 Å². The molecule has 11 heteroatoms. The van der Waals surface area contributed by atoms with Gasteiger partial charge in [0.1, 0.15) is 6.20 Å². The summed E-state index contributed by atoms with van der Waals surface area (Å²) >= 11 is 13.8. The zero-order valence-electron chi connectivity index (χ0n) is 14.1. The van der Waals surface area contributed by atoms with Crippen LogP contribution in [0.25, 0.3) is 5.69 Å². The van der Waals surface area contributed by atoms with E-state index in [2.05, 4.69) is 20.1 Å². The molecule has 140 valence electrons. The number of nitrogens with one attached hydrogen (secondary N) is 1. The molecule has 2 heterocycles. The lowest BCUT2D eigenvalue weighted by atomic mass is 10.1. The van der Waals surface area contributed by atoms with E-state index in [1.807, 2.05) is 13.8 Å². The van der Waals surface area contributed by atoms with Crippen LogP contribution in [0.15, 0.2) is 44.2 Å². The minimum Gasteiger partial charge on any atom is -0.504 e. The zero-order valence-corrected chi connectivity index (χ0v) is 16.4. The Bertz CT molecular complexity index is 1110. The Morgan fingerprint density at radius 2 is 1.85 bits per heavy atom. The van der Waals surface area contributed by atoms with Crippen LogP contribution in [0.4, 0.5) is 0 Å². The lowest BCUT2D eigenvalue weighted by Gasteiger charge is -2.11. The van der Waals surface area contributed by atoms with Crippen LogP contribution >= 0.6 is 35.0 Å². The molecule has 8 nitrogen and oxygen atoms in total. The van der Waals surface area contributed by atoms with Gasteiger partial charge < -0.3 is 5.11 Å². The van der Waals surface area contributed by atoms with E-state index in [4.69, 9.17) is 23.2 Å². The summed E-state index contributed by atoms with van der Waals surface area (Å²) < 4.78 is 0.974. The first kappa shape index (κ1) is 19.4. The predicted molar refractivity (Wildman–Crippen MR) is 102 cm³/mol. The van der Waals surface area contributed by atoms with Crippen LogP contribution < -0.4 is 11.2 Å². The van der Waals surface area contributed by atoms with Crippen molar-refractivity contribution in [2.24, 2.45) is 0 Å². The van der Waals surface area contributed by atoms with Crippen molar-refractivity contribution in [3.63, 3.8) is 0 Å². The van der Waals surface area contributed by atoms with Crippen LogP contribution in [0.5, 0.6) is 5.75 Å². The van der Waals surface area contributed by atoms with E-state index in [0.717, 1.165) is 22.6 Å². The van der Waals surface area contributed by atoms with E-state index >= 15 is 0 Å². The van der Waals surface area contributed by atoms with E-state index in [-0.39, 0.29) is 21.7 Å². The van der Waals surface area contributed by atoms with Crippen molar-refractivity contribution in [2.75, 3.05) is 0 Å². The van der Waals surface area contributed by atoms with Crippen molar-refractivity contribution in [3.8, 4) is 11.4 Å². The van der Waals surface area contributed by atoms with Crippen LogP contribution in [0.1, 0.15) is 25.5 Å². The van der Waals surface area contributed by atoms with Crippen molar-refractivity contribution in [3.05, 3.63) is 61.1 Å². The summed E-state index contributed by atoms with van der Waals surface area (Å²) in [7, 11) is 0. The van der Waals surface area contributed by atoms with Gasteiger partial charge in [-0.2, -0.15) is 9.78 Å². The third-order valence-corrected chi connectivity index (χ3v) is 5.30. The molecule has 3 aromatic rings. The normalized spacial score (nSPS) is 11.1. The van der Waals surface area contributed by atoms with E-state index in [9.17, 15) is 14.7 Å². The van der Waals surface area contributed by atoms with Gasteiger partial charge in [-0.1, -0.05) is 37.0 Å². The van der Waals surface area contributed by atoms with Gasteiger partial charge in [0.15, 0.2) is 10.9 Å². The predicted octanol–water partition coefficient (Wildman–Crippen LogP) is 3.00. The summed E-state index contributed by atoms with van der Waals surface area (Å²) in [5.41, 5.74) is -0.505. The fourth-order valence-electron chi connectivity index (χ4n) is 2.24. The van der Waals surface area contributed by atoms with Crippen LogP contribution in [0.2, 0.25) is 10.0 Å². The SMILES string of the molecule is CC(C)c1nc(Sc2c(Cl)cc(-n3ncc(=O)[nH]c3=O)cc2Cl)ncc1O. The van der Waals surface area contributed by atoms with Crippen LogP contribution in [0.3, 0.4) is 0 Å². The zero-order chi connectivity index (χ0) is 19.7. The summed E-state index contributed by atoms with van der Waals surface area (Å²) in [6.45, 7) is 3.81. The van der Waals surface area contributed by atoms with E-state index in [1.165, 1.54) is 18.3 Å². The number of rotatable bonds is 4. The third-order valence-electron chi connectivity index (χ3n) is 3.46. The molecule has 27 heavy (non-hydrogen) atoms. The van der Waals surface area contributed by atoms with Gasteiger partial charge >= 0.3 is 5.69 Å². The number of aromatic hydroxyl groups is 1. The number of H-pyrrole nitrogens is 1. The Hall–Kier alpha value is -2.36. The van der Waals surface area contributed by atoms with Crippen LogP contribution in [0, 0.1) is 0 Å². The summed E-state index contributed by atoms with van der Waals surface area (Å²) in [5, 5.41) is 14.5. The molecular weight excluding hydrogens is 413 g/mol. The molecule has 0 fully saturated rings. The topological polar surface area (TPSA) is 114 Å². The molecule has 0 unspecified atom stereocenters. The number of hydrogen-bond donors (Lipinski definition) is 2. The van der Waals surface area contributed by atoms with Gasteiger partial charge in [0.25, 0.3) is 5.56 Å². The minimum atomic E-state index is -0.710. The molecule has 0 aliphatic heterocycles. The maximum absolute atomic E-state index is 11.9. The quantitative estimate of drug-likeness (QED) is 0.617. The Balaban J connectivity index is 2.00. The summed E-state index contributed by atoms with van der Waals surface area (Å²) in [4.78, 5) is 34.0. The number of aromatic amines is 1. The lowest BCUT2D eigenvalue weighted by molar-refractivity contribution is 0.453. The van der Waals surface area contributed by atoms with Crippen molar-refractivity contribution in [1.29, 1.82) is 0 Å². The monoisotopic (exact) mass is 425 g/mol. The average Bonchev–Trinajstić information content (AvgIpc) is 2.59. The van der Waals surface area contributed by atoms with Gasteiger partial charge in [-0.3, -0.25) is 9.78 Å². The molecule has 0 bridgehead atoms. The molecule has 0 aliphatic carbocycles. The van der Waals surface area contributed by atoms with Crippen molar-refractivity contribution >= 4 is 35.0 Å². The van der Waals surface area contributed by atoms with E-state index in [0.29, 0.717) is 21.4 Å². The maximum Gasteiger partial charge on any atom is 0.349 e. The Kier molecular flexibility index (Phi) is 5.54. The molecule has 0 saturated carbocycles. The Labute approximate surface area is 167 Å². The second-order valence-electron chi connectivity index (χ2n) is 5.77. The number of halogens is 2. The largest absolute Gasteiger partial charge is 0.504 e. The van der Waals surface area contributed by atoms with E-state index < -0.39 is 11.2 Å². The van der Waals surface area contributed by atoms with Crippen LogP contribution in [-0.2, 0) is 0 Å². The summed E-state index contributed by atoms with van der Waals surface area (Å²) in [5.74, 6) is 0.0317. The highest BCUT2D eigenvalue weighted by molar-refractivity contribution is 7.99. The molecule has 2 N–H and O–H groups in total. The molecule has 0 aliphatic rings. The molecule has 0 atom stereocenters. The van der Waals surface area contributed by atoms with Gasteiger partial charge in [-0.05, 0) is 29.8 Å². The highest BCUT2D eigenvalue weighted by Gasteiger charge is 2.16. The average molecular weight is 426 g/mol. The molecule has 0 radical (unpaired) electrons. The second kappa shape index (κ2) is 7.71. The molecule has 1 aromatic carbocycles. The highest BCUT2D eigenvalue weighted by Crippen LogP contribution is 2.39. The molecule has 0 amide bonds. The highest BCUT2D eigenvalue weighted by atomic mass is 35.5. The lowest BCUT2D eigenvalue weighted by Crippen LogP contribution is -2.30. The first-order valence-corrected chi connectivity index (χ1v) is 9.25. The summed E-state index contributed by atoms with van der Waals surface area (Å²) in [6.07, 6.45) is 2.30. The number of benzene rings is 1. The second-order valence-corrected chi connectivity index (χ2v) is 7.56. The third kappa shape index (κ3) is 4.15. The minimum absolute atomic E-state index is 0.0128. The Morgan fingerprint density at radius 3 is 2.44 bits per heavy atom. The first-order valence-electron chi connectivity index (χ1n) is 7.68. The van der Waals surface area contributed by atoms with Crippen molar-refractivity contribution in [1.82, 2.24) is 24.7 Å². The van der Waals surface area contributed by atoms with Gasteiger partial charge in [-0.15, -0.1) is 0 Å². The van der Waals surface area contributed by atoms with Crippen molar-refractivity contribution in [2.45, 2.75) is 29.8 Å². The van der Waals surface area contributed by atoms with Crippen LogP contribution in [-0.4, -0.2) is 29.8 Å². The smallest absolute Gasteiger partial charge is 0.349 e. The molecule has 3 rings (SSSR count). The maximum atomic E-state index is 11.9. The fraction of sp³-hybridized carbons (Fsp3) is 0.188. The number of hydrogen-bond acceptors (Lipinski definition) is 7. The number of aromatic nitrogens is 5. The standard InChI is InChI=1S/C16H13Cl2N5O3S/c1-7(2)13-11(24)5-19-15(22-13)27-14-9(17)3-8(4-10(14)18)23-16(26)21-12(25)6-20-23/h3-7,24H,1-2H3,(H,21,25,26). The van der Waals surface area contributed by atoms with Gasteiger partial charge in [0.2, 0.25) is 0 Å². The fourth-order valence-corrected chi connectivity index (χ4v) is 3.69. The molecule has 0 saturated heterocycles. The first-order chi connectivity index (χ1) is 12.8. The van der Waals surface area contributed by atoms with E-state index in [1.54, 1.807) is 0 Å². The molecule has 2 aromatic heterocycles. The van der Waals surface area contributed by atoms with Gasteiger partial charge in [0.05, 0.1) is 32.5 Å². The van der Waals surface area contributed by atoms with Crippen molar-refractivity contribution < 1.29 is 5.11 Å². The number of nitrogens with zero attached hydrogens (tertiary/aromatic N) is 4. The molecule has 0 spiro atoms. The summed E-state index contributed by atoms with van der Waals surface area (Å²) in [6, 6.07) is 2.98.